The van der Waals surface area contributed by atoms with Gasteiger partial charge in [-0.25, -0.2) is 0 Å². The number of carbonyl (C=O) groups excluding carboxylic acids is 2. The smallest absolute Gasteiger partial charge is 0.274 e. The van der Waals surface area contributed by atoms with E-state index in [1.165, 1.54) is 12.1 Å². The first-order valence-electron chi connectivity index (χ1n) is 7.11. The van der Waals surface area contributed by atoms with Crippen molar-refractivity contribution in [1.82, 2.24) is 0 Å². The molecule has 0 aromatic heterocycles. The SMILES string of the molecule is O=C1[C@@H]2[C@@H](C(=O)N1c1cccc(C(F)(F)F)c1)[C@H]1C=C[C@H]2C1. The van der Waals surface area contributed by atoms with Crippen LogP contribution in [0.1, 0.15) is 12.0 Å². The van der Waals surface area contributed by atoms with Gasteiger partial charge >= 0.3 is 6.18 Å². The van der Waals surface area contributed by atoms with Crippen molar-refractivity contribution in [3.8, 4) is 0 Å². The van der Waals surface area contributed by atoms with Gasteiger partial charge in [-0.05, 0) is 36.5 Å². The Labute approximate surface area is 124 Å². The Kier molecular flexibility index (Phi) is 2.59. The number of rotatable bonds is 1. The van der Waals surface area contributed by atoms with Gasteiger partial charge < -0.3 is 0 Å². The minimum atomic E-state index is -4.50. The maximum absolute atomic E-state index is 12.8. The summed E-state index contributed by atoms with van der Waals surface area (Å²) in [5.41, 5.74) is -0.845. The lowest BCUT2D eigenvalue weighted by Crippen LogP contribution is -2.33. The summed E-state index contributed by atoms with van der Waals surface area (Å²) in [7, 11) is 0. The van der Waals surface area contributed by atoms with Crippen LogP contribution in [-0.2, 0) is 15.8 Å². The summed E-state index contributed by atoms with van der Waals surface area (Å²) >= 11 is 0. The molecule has 1 aromatic carbocycles. The van der Waals surface area contributed by atoms with E-state index in [1.54, 1.807) is 0 Å². The molecule has 2 bridgehead atoms. The molecular formula is C16H12F3NO2. The Morgan fingerprint density at radius 2 is 1.59 bits per heavy atom. The van der Waals surface area contributed by atoms with Crippen LogP contribution in [0.3, 0.4) is 0 Å². The van der Waals surface area contributed by atoms with E-state index in [9.17, 15) is 22.8 Å². The fraction of sp³-hybridized carbons (Fsp3) is 0.375. The zero-order valence-electron chi connectivity index (χ0n) is 11.4. The lowest BCUT2D eigenvalue weighted by atomic mass is 9.85. The summed E-state index contributed by atoms with van der Waals surface area (Å²) in [6.45, 7) is 0. The van der Waals surface area contributed by atoms with E-state index in [0.29, 0.717) is 0 Å². The van der Waals surface area contributed by atoms with E-state index in [0.717, 1.165) is 23.5 Å². The third kappa shape index (κ3) is 1.69. The van der Waals surface area contributed by atoms with Crippen molar-refractivity contribution in [3.05, 3.63) is 42.0 Å². The molecule has 0 N–H and O–H groups in total. The summed E-state index contributed by atoms with van der Waals surface area (Å²) in [6.07, 6.45) is 0.195. The van der Waals surface area contributed by atoms with Crippen molar-refractivity contribution < 1.29 is 22.8 Å². The minimum Gasteiger partial charge on any atom is -0.274 e. The van der Waals surface area contributed by atoms with Crippen LogP contribution in [0.4, 0.5) is 18.9 Å². The van der Waals surface area contributed by atoms with E-state index < -0.39 is 23.6 Å². The van der Waals surface area contributed by atoms with Crippen LogP contribution in [-0.4, -0.2) is 11.8 Å². The van der Waals surface area contributed by atoms with Gasteiger partial charge in [-0.1, -0.05) is 18.2 Å². The number of imide groups is 1. The first kappa shape index (κ1) is 13.5. The molecule has 3 aliphatic rings. The number of halogens is 3. The van der Waals surface area contributed by atoms with Crippen molar-refractivity contribution in [2.75, 3.05) is 4.90 Å². The van der Waals surface area contributed by atoms with Gasteiger partial charge in [-0.15, -0.1) is 0 Å². The quantitative estimate of drug-likeness (QED) is 0.591. The maximum Gasteiger partial charge on any atom is 0.416 e. The standard InChI is InChI=1S/C16H12F3NO2/c17-16(18,19)10-2-1-3-11(7-10)20-14(21)12-8-4-5-9(6-8)13(12)15(20)22/h1-5,7-9,12-13H,6H2/t8-,9-,12-,13-/m0/s1. The number of benzene rings is 1. The number of fused-ring (bicyclic) bond motifs is 5. The molecule has 2 fully saturated rings. The van der Waals surface area contributed by atoms with Crippen LogP contribution < -0.4 is 4.90 Å². The third-order valence-electron chi connectivity index (χ3n) is 4.90. The van der Waals surface area contributed by atoms with Gasteiger partial charge in [0.05, 0.1) is 23.1 Å². The van der Waals surface area contributed by atoms with Crippen LogP contribution in [0.15, 0.2) is 36.4 Å². The largest absolute Gasteiger partial charge is 0.416 e. The summed E-state index contributed by atoms with van der Waals surface area (Å²) < 4.78 is 38.4. The molecule has 6 heteroatoms. The average Bonchev–Trinajstić information content (AvgIpc) is 3.12. The van der Waals surface area contributed by atoms with Crippen molar-refractivity contribution in [3.63, 3.8) is 0 Å². The number of allylic oxidation sites excluding steroid dienone is 2. The normalized spacial score (nSPS) is 33.0. The number of carbonyl (C=O) groups is 2. The van der Waals surface area contributed by atoms with Gasteiger partial charge in [-0.3, -0.25) is 14.5 Å². The monoisotopic (exact) mass is 307 g/mol. The minimum absolute atomic E-state index is 0.0126. The number of alkyl halides is 3. The molecule has 114 valence electrons. The van der Waals surface area contributed by atoms with Crippen molar-refractivity contribution in [2.45, 2.75) is 12.6 Å². The number of hydrogen-bond acceptors (Lipinski definition) is 2. The topological polar surface area (TPSA) is 37.4 Å². The molecule has 22 heavy (non-hydrogen) atoms. The molecule has 0 spiro atoms. The van der Waals surface area contributed by atoms with Crippen molar-refractivity contribution in [1.29, 1.82) is 0 Å². The molecule has 0 radical (unpaired) electrons. The Balaban J connectivity index is 1.73. The lowest BCUT2D eigenvalue weighted by molar-refractivity contribution is -0.137. The number of hydrogen-bond donors (Lipinski definition) is 0. The molecule has 2 aliphatic carbocycles. The molecule has 4 rings (SSSR count). The van der Waals surface area contributed by atoms with Crippen LogP contribution in [0, 0.1) is 23.7 Å². The second-order valence-electron chi connectivity index (χ2n) is 6.06. The molecular weight excluding hydrogens is 295 g/mol. The molecule has 2 amide bonds. The maximum atomic E-state index is 12.8. The molecule has 1 heterocycles. The number of amides is 2. The number of nitrogens with zero attached hydrogens (tertiary/aromatic N) is 1. The summed E-state index contributed by atoms with van der Waals surface area (Å²) in [5.74, 6) is -1.46. The fourth-order valence-electron chi connectivity index (χ4n) is 3.98. The van der Waals surface area contributed by atoms with Gasteiger partial charge in [0.2, 0.25) is 11.8 Å². The molecule has 1 aromatic rings. The predicted molar refractivity (Wildman–Crippen MR) is 71.7 cm³/mol. The highest BCUT2D eigenvalue weighted by molar-refractivity contribution is 6.22. The second-order valence-corrected chi connectivity index (χ2v) is 6.06. The Hall–Kier alpha value is -2.11. The van der Waals surface area contributed by atoms with E-state index >= 15 is 0 Å². The van der Waals surface area contributed by atoms with Gasteiger partial charge in [-0.2, -0.15) is 13.2 Å². The Bertz CT molecular complexity index is 680. The molecule has 1 aliphatic heterocycles. The van der Waals surface area contributed by atoms with Gasteiger partial charge in [0.25, 0.3) is 0 Å². The van der Waals surface area contributed by atoms with Crippen molar-refractivity contribution >= 4 is 17.5 Å². The average molecular weight is 307 g/mol. The highest BCUT2D eigenvalue weighted by atomic mass is 19.4. The number of anilines is 1. The summed E-state index contributed by atoms with van der Waals surface area (Å²) in [4.78, 5) is 26.0. The Morgan fingerprint density at radius 1 is 1.00 bits per heavy atom. The molecule has 0 unspecified atom stereocenters. The van der Waals surface area contributed by atoms with E-state index in [1.807, 2.05) is 12.2 Å². The zero-order chi connectivity index (χ0) is 15.6. The molecule has 3 nitrogen and oxygen atoms in total. The van der Waals surface area contributed by atoms with E-state index in [4.69, 9.17) is 0 Å². The highest BCUT2D eigenvalue weighted by Crippen LogP contribution is 2.53. The first-order valence-corrected chi connectivity index (χ1v) is 7.11. The molecule has 1 saturated heterocycles. The lowest BCUT2D eigenvalue weighted by Gasteiger charge is -2.18. The van der Waals surface area contributed by atoms with Crippen LogP contribution in [0.25, 0.3) is 0 Å². The second kappa shape index (κ2) is 4.21. The predicted octanol–water partition coefficient (Wildman–Crippen LogP) is 3.02. The highest BCUT2D eigenvalue weighted by Gasteiger charge is 2.59. The van der Waals surface area contributed by atoms with Crippen LogP contribution >= 0.6 is 0 Å². The third-order valence-corrected chi connectivity index (χ3v) is 4.90. The fourth-order valence-corrected chi connectivity index (χ4v) is 3.98. The summed E-state index contributed by atoms with van der Waals surface area (Å²) in [5, 5.41) is 0. The molecule has 4 atom stereocenters. The van der Waals surface area contributed by atoms with E-state index in [-0.39, 0.29) is 29.3 Å². The summed E-state index contributed by atoms with van der Waals surface area (Å²) in [6, 6.07) is 4.40. The molecule has 1 saturated carbocycles. The van der Waals surface area contributed by atoms with E-state index in [2.05, 4.69) is 0 Å². The van der Waals surface area contributed by atoms with Gasteiger partial charge in [0, 0.05) is 0 Å². The van der Waals surface area contributed by atoms with Crippen molar-refractivity contribution in [2.24, 2.45) is 23.7 Å². The van der Waals surface area contributed by atoms with Crippen LogP contribution in [0.5, 0.6) is 0 Å². The van der Waals surface area contributed by atoms with Gasteiger partial charge in [0.15, 0.2) is 0 Å². The first-order chi connectivity index (χ1) is 10.4. The van der Waals surface area contributed by atoms with Crippen LogP contribution in [0.2, 0.25) is 0 Å². The zero-order valence-corrected chi connectivity index (χ0v) is 11.4. The Morgan fingerprint density at radius 3 is 2.14 bits per heavy atom. The van der Waals surface area contributed by atoms with Gasteiger partial charge in [0.1, 0.15) is 0 Å².